The normalized spacial score (nSPS) is 13.0. The van der Waals surface area contributed by atoms with E-state index in [0.717, 1.165) is 12.3 Å². The number of unbranched alkanes of at least 4 members (excludes halogenated alkanes) is 7. The van der Waals surface area contributed by atoms with Crippen molar-refractivity contribution in [3.8, 4) is 0 Å². The first-order chi connectivity index (χ1) is 10.6. The van der Waals surface area contributed by atoms with E-state index in [1.54, 1.807) is 0 Å². The maximum absolute atomic E-state index is 9.71. The minimum atomic E-state index is -0.620. The fourth-order valence-electron chi connectivity index (χ4n) is 2.81. The molecule has 0 aliphatic heterocycles. The van der Waals surface area contributed by atoms with Gasteiger partial charge in [-0.15, -0.1) is 0 Å². The van der Waals surface area contributed by atoms with E-state index in [1.807, 2.05) is 13.8 Å². The molecule has 0 saturated carbocycles. The molecule has 0 aromatic carbocycles. The lowest BCUT2D eigenvalue weighted by molar-refractivity contribution is -0.0509. The Morgan fingerprint density at radius 3 is 1.70 bits per heavy atom. The minimum absolute atomic E-state index is 0.0535. The maximum atomic E-state index is 9.71. The molecular formula is C21H44O2. The molecule has 1 N–H and O–H groups in total. The molecule has 0 amide bonds. The minimum Gasteiger partial charge on any atom is -0.390 e. The van der Waals surface area contributed by atoms with Crippen molar-refractivity contribution >= 4 is 0 Å². The number of ether oxygens (including phenoxy) is 1. The lowest BCUT2D eigenvalue weighted by Gasteiger charge is -2.27. The first-order valence-corrected chi connectivity index (χ1v) is 9.99. The van der Waals surface area contributed by atoms with E-state index >= 15 is 0 Å². The quantitative estimate of drug-likeness (QED) is 0.348. The summed E-state index contributed by atoms with van der Waals surface area (Å²) in [7, 11) is 0. The summed E-state index contributed by atoms with van der Waals surface area (Å²) < 4.78 is 5.94. The van der Waals surface area contributed by atoms with Gasteiger partial charge in [0.25, 0.3) is 0 Å². The Bertz CT molecular complexity index is 264. The Morgan fingerprint density at radius 1 is 0.739 bits per heavy atom. The van der Waals surface area contributed by atoms with Gasteiger partial charge in [0.1, 0.15) is 0 Å². The molecule has 0 fully saturated rings. The summed E-state index contributed by atoms with van der Waals surface area (Å²) in [6.45, 7) is 13.3. The SMILES string of the molecule is CC(C)CCCCCCCCCCC(C)(C)OCCC(C)(C)O. The lowest BCUT2D eigenvalue weighted by Crippen LogP contribution is -2.28. The van der Waals surface area contributed by atoms with Crippen LogP contribution in [0.5, 0.6) is 0 Å². The van der Waals surface area contributed by atoms with Gasteiger partial charge in [0, 0.05) is 0 Å². The molecule has 0 saturated heterocycles. The average molecular weight is 329 g/mol. The second kappa shape index (κ2) is 12.3. The Labute approximate surface area is 146 Å². The van der Waals surface area contributed by atoms with Crippen LogP contribution in [0.3, 0.4) is 0 Å². The summed E-state index contributed by atoms with van der Waals surface area (Å²) in [6.07, 6.45) is 14.2. The summed E-state index contributed by atoms with van der Waals surface area (Å²) >= 11 is 0. The summed E-state index contributed by atoms with van der Waals surface area (Å²) in [5, 5.41) is 9.71. The average Bonchev–Trinajstić information content (AvgIpc) is 2.38. The van der Waals surface area contributed by atoms with Crippen LogP contribution >= 0.6 is 0 Å². The van der Waals surface area contributed by atoms with E-state index in [2.05, 4.69) is 27.7 Å². The highest BCUT2D eigenvalue weighted by Crippen LogP contribution is 2.21. The first-order valence-electron chi connectivity index (χ1n) is 9.99. The van der Waals surface area contributed by atoms with Crippen LogP contribution in [0.15, 0.2) is 0 Å². The van der Waals surface area contributed by atoms with Crippen molar-refractivity contribution in [2.45, 2.75) is 123 Å². The molecule has 0 heterocycles. The van der Waals surface area contributed by atoms with Crippen molar-refractivity contribution in [3.05, 3.63) is 0 Å². The number of aliphatic hydroxyl groups is 1. The highest BCUT2D eigenvalue weighted by Gasteiger charge is 2.20. The largest absolute Gasteiger partial charge is 0.390 e. The maximum Gasteiger partial charge on any atom is 0.0626 e. The molecule has 0 atom stereocenters. The van der Waals surface area contributed by atoms with Gasteiger partial charge in [-0.2, -0.15) is 0 Å². The van der Waals surface area contributed by atoms with Crippen LogP contribution in [-0.4, -0.2) is 22.9 Å². The van der Waals surface area contributed by atoms with Gasteiger partial charge in [0.2, 0.25) is 0 Å². The van der Waals surface area contributed by atoms with E-state index in [1.165, 1.54) is 57.8 Å². The zero-order chi connectivity index (χ0) is 17.8. The van der Waals surface area contributed by atoms with Gasteiger partial charge in [-0.3, -0.25) is 0 Å². The van der Waals surface area contributed by atoms with Gasteiger partial charge in [0.05, 0.1) is 17.8 Å². The number of rotatable bonds is 15. The highest BCUT2D eigenvalue weighted by molar-refractivity contribution is 4.71. The molecule has 0 unspecified atom stereocenters. The van der Waals surface area contributed by atoms with Crippen LogP contribution in [0.2, 0.25) is 0 Å². The zero-order valence-electron chi connectivity index (χ0n) is 16.9. The molecule has 0 aliphatic rings. The molecule has 2 nitrogen and oxygen atoms in total. The van der Waals surface area contributed by atoms with Gasteiger partial charge in [0.15, 0.2) is 0 Å². The van der Waals surface area contributed by atoms with Crippen molar-refractivity contribution in [1.82, 2.24) is 0 Å². The predicted molar refractivity (Wildman–Crippen MR) is 102 cm³/mol. The third-order valence-corrected chi connectivity index (χ3v) is 4.52. The molecule has 0 aromatic heterocycles. The van der Waals surface area contributed by atoms with Gasteiger partial charge in [-0.25, -0.2) is 0 Å². The molecule has 140 valence electrons. The smallest absolute Gasteiger partial charge is 0.0626 e. The van der Waals surface area contributed by atoms with Crippen molar-refractivity contribution in [3.63, 3.8) is 0 Å². The fourth-order valence-corrected chi connectivity index (χ4v) is 2.81. The van der Waals surface area contributed by atoms with E-state index in [4.69, 9.17) is 4.74 Å². The summed E-state index contributed by atoms with van der Waals surface area (Å²) in [5.41, 5.74) is -0.673. The van der Waals surface area contributed by atoms with Crippen molar-refractivity contribution in [1.29, 1.82) is 0 Å². The Hall–Kier alpha value is -0.0800. The monoisotopic (exact) mass is 328 g/mol. The summed E-state index contributed by atoms with van der Waals surface area (Å²) in [4.78, 5) is 0. The topological polar surface area (TPSA) is 29.5 Å². The molecule has 0 radical (unpaired) electrons. The molecule has 0 spiro atoms. The number of hydrogen-bond acceptors (Lipinski definition) is 2. The molecule has 0 aliphatic carbocycles. The molecular weight excluding hydrogens is 284 g/mol. The Balaban J connectivity index is 3.42. The van der Waals surface area contributed by atoms with Crippen LogP contribution in [0, 0.1) is 5.92 Å². The van der Waals surface area contributed by atoms with Crippen LogP contribution in [0.4, 0.5) is 0 Å². The number of hydrogen-bond donors (Lipinski definition) is 1. The molecule has 2 heteroatoms. The Morgan fingerprint density at radius 2 is 1.22 bits per heavy atom. The van der Waals surface area contributed by atoms with Crippen molar-refractivity contribution < 1.29 is 9.84 Å². The van der Waals surface area contributed by atoms with E-state index < -0.39 is 5.60 Å². The molecule has 0 aromatic rings. The molecule has 0 rings (SSSR count). The van der Waals surface area contributed by atoms with Crippen molar-refractivity contribution in [2.24, 2.45) is 5.92 Å². The first kappa shape index (κ1) is 22.9. The van der Waals surface area contributed by atoms with Crippen LogP contribution in [0.1, 0.15) is 112 Å². The van der Waals surface area contributed by atoms with E-state index in [-0.39, 0.29) is 5.60 Å². The third kappa shape index (κ3) is 18.1. The van der Waals surface area contributed by atoms with Gasteiger partial charge >= 0.3 is 0 Å². The van der Waals surface area contributed by atoms with E-state index in [0.29, 0.717) is 13.0 Å². The van der Waals surface area contributed by atoms with E-state index in [9.17, 15) is 5.11 Å². The molecule has 0 bridgehead atoms. The van der Waals surface area contributed by atoms with Crippen molar-refractivity contribution in [2.75, 3.05) is 6.61 Å². The third-order valence-electron chi connectivity index (χ3n) is 4.52. The summed E-state index contributed by atoms with van der Waals surface area (Å²) in [6, 6.07) is 0. The lowest BCUT2D eigenvalue weighted by atomic mass is 9.98. The van der Waals surface area contributed by atoms with Crippen LogP contribution in [0.25, 0.3) is 0 Å². The van der Waals surface area contributed by atoms with Gasteiger partial charge < -0.3 is 9.84 Å². The summed E-state index contributed by atoms with van der Waals surface area (Å²) in [5.74, 6) is 0.865. The van der Waals surface area contributed by atoms with Gasteiger partial charge in [-0.05, 0) is 46.5 Å². The van der Waals surface area contributed by atoms with Crippen LogP contribution in [-0.2, 0) is 4.74 Å². The predicted octanol–water partition coefficient (Wildman–Crippen LogP) is 6.50. The van der Waals surface area contributed by atoms with Crippen LogP contribution < -0.4 is 0 Å². The standard InChI is InChI=1S/C21H44O2/c1-19(2)15-13-11-9-7-8-10-12-14-16-21(5,6)23-18-17-20(3,4)22/h19,22H,7-18H2,1-6H3. The Kier molecular flexibility index (Phi) is 12.3. The fraction of sp³-hybridized carbons (Fsp3) is 1.00. The zero-order valence-corrected chi connectivity index (χ0v) is 16.9. The highest BCUT2D eigenvalue weighted by atomic mass is 16.5. The second-order valence-corrected chi connectivity index (χ2v) is 8.93. The van der Waals surface area contributed by atoms with Gasteiger partial charge in [-0.1, -0.05) is 71.6 Å². The second-order valence-electron chi connectivity index (χ2n) is 8.93. The molecule has 23 heavy (non-hydrogen) atoms.